The van der Waals surface area contributed by atoms with Gasteiger partial charge in [-0.05, 0) is 98.3 Å². The van der Waals surface area contributed by atoms with Gasteiger partial charge in [0.15, 0.2) is 6.79 Å². The standard InChI is InChI=1S/C32H52O4/c1-9-11-26-13-15-28(22(5)20(26)3)32(33)36-31-18-17-30(24(7)25(31)8)35-19-34-29-16-14-27(12-10-2)21(4)23(29)6/h17-18,20-23,26-29H,9-16,19H2,1-8H3. The molecule has 4 nitrogen and oxygen atoms in total. The molecule has 2 aliphatic rings. The Morgan fingerprint density at radius 3 is 1.97 bits per heavy atom. The molecule has 0 heterocycles. The molecule has 1 aromatic rings. The van der Waals surface area contributed by atoms with E-state index in [-0.39, 0.29) is 24.8 Å². The van der Waals surface area contributed by atoms with Gasteiger partial charge in [0, 0.05) is 0 Å². The molecule has 0 saturated heterocycles. The minimum atomic E-state index is -0.0782. The van der Waals surface area contributed by atoms with Crippen LogP contribution in [0.15, 0.2) is 12.1 Å². The lowest BCUT2D eigenvalue weighted by Crippen LogP contribution is -2.37. The quantitative estimate of drug-likeness (QED) is 0.183. The molecule has 8 unspecified atom stereocenters. The van der Waals surface area contributed by atoms with Gasteiger partial charge in [-0.2, -0.15) is 0 Å². The van der Waals surface area contributed by atoms with E-state index in [0.29, 0.717) is 29.4 Å². The van der Waals surface area contributed by atoms with Crippen LogP contribution in [0.25, 0.3) is 0 Å². The predicted octanol–water partition coefficient (Wildman–Crippen LogP) is 8.51. The minimum absolute atomic E-state index is 0.0195. The number of carbonyl (C=O) groups is 1. The van der Waals surface area contributed by atoms with Crippen molar-refractivity contribution in [2.24, 2.45) is 41.4 Å². The van der Waals surface area contributed by atoms with Crippen molar-refractivity contribution in [2.75, 3.05) is 6.79 Å². The summed E-state index contributed by atoms with van der Waals surface area (Å²) in [4.78, 5) is 13.1. The van der Waals surface area contributed by atoms with Crippen LogP contribution in [0, 0.1) is 55.3 Å². The average Bonchev–Trinajstić information content (AvgIpc) is 2.85. The second-order valence-corrected chi connectivity index (χ2v) is 12.0. The van der Waals surface area contributed by atoms with E-state index < -0.39 is 0 Å². The summed E-state index contributed by atoms with van der Waals surface area (Å²) < 4.78 is 18.2. The van der Waals surface area contributed by atoms with Crippen molar-refractivity contribution < 1.29 is 19.0 Å². The molecule has 0 aliphatic heterocycles. The molecule has 3 rings (SSSR count). The Morgan fingerprint density at radius 1 is 0.778 bits per heavy atom. The van der Waals surface area contributed by atoms with Crippen LogP contribution in [0.3, 0.4) is 0 Å². The second-order valence-electron chi connectivity index (χ2n) is 12.0. The Morgan fingerprint density at radius 2 is 1.33 bits per heavy atom. The lowest BCUT2D eigenvalue weighted by atomic mass is 9.67. The number of hydrogen-bond donors (Lipinski definition) is 0. The number of carbonyl (C=O) groups excluding carboxylic acids is 1. The van der Waals surface area contributed by atoms with Crippen LogP contribution in [-0.4, -0.2) is 18.9 Å². The van der Waals surface area contributed by atoms with E-state index >= 15 is 0 Å². The lowest BCUT2D eigenvalue weighted by molar-refractivity contribution is -0.143. The topological polar surface area (TPSA) is 44.8 Å². The molecule has 1 aromatic carbocycles. The largest absolute Gasteiger partial charge is 0.467 e. The highest BCUT2D eigenvalue weighted by atomic mass is 16.7. The van der Waals surface area contributed by atoms with Crippen LogP contribution in [-0.2, 0) is 9.53 Å². The minimum Gasteiger partial charge on any atom is -0.467 e. The molecule has 36 heavy (non-hydrogen) atoms. The van der Waals surface area contributed by atoms with Crippen LogP contribution in [0.5, 0.6) is 11.5 Å². The Bertz CT molecular complexity index is 849. The van der Waals surface area contributed by atoms with Gasteiger partial charge in [0.1, 0.15) is 11.5 Å². The molecule has 0 N–H and O–H groups in total. The maximum atomic E-state index is 13.1. The number of hydrogen-bond acceptors (Lipinski definition) is 4. The summed E-state index contributed by atoms with van der Waals surface area (Å²) >= 11 is 0. The SMILES string of the molecule is CCCC1CCC(OCOc2ccc(OC(=O)C3CCC(CCC)C(C)C3C)c(C)c2C)C(C)C1C. The Balaban J connectivity index is 1.54. The van der Waals surface area contributed by atoms with Gasteiger partial charge in [-0.25, -0.2) is 0 Å². The normalized spacial score (nSPS) is 32.8. The van der Waals surface area contributed by atoms with Gasteiger partial charge in [0.25, 0.3) is 0 Å². The van der Waals surface area contributed by atoms with Gasteiger partial charge in [-0.3, -0.25) is 4.79 Å². The van der Waals surface area contributed by atoms with Gasteiger partial charge in [-0.15, -0.1) is 0 Å². The molecule has 0 aromatic heterocycles. The Labute approximate surface area is 220 Å². The summed E-state index contributed by atoms with van der Waals surface area (Å²) in [5.41, 5.74) is 1.97. The van der Waals surface area contributed by atoms with Crippen molar-refractivity contribution in [3.63, 3.8) is 0 Å². The van der Waals surface area contributed by atoms with E-state index in [1.807, 2.05) is 26.0 Å². The fraction of sp³-hybridized carbons (Fsp3) is 0.781. The number of rotatable bonds is 10. The molecule has 204 valence electrons. The highest BCUT2D eigenvalue weighted by Gasteiger charge is 2.38. The summed E-state index contributed by atoms with van der Waals surface area (Å²) in [5.74, 6) is 5.05. The maximum Gasteiger partial charge on any atom is 0.314 e. The van der Waals surface area contributed by atoms with Gasteiger partial charge in [0.05, 0.1) is 12.0 Å². The third kappa shape index (κ3) is 6.65. The zero-order chi connectivity index (χ0) is 26.4. The van der Waals surface area contributed by atoms with Crippen LogP contribution in [0.4, 0.5) is 0 Å². The first kappa shape index (κ1) is 29.0. The van der Waals surface area contributed by atoms with Gasteiger partial charge in [-0.1, -0.05) is 67.2 Å². The number of benzene rings is 1. The highest BCUT2D eigenvalue weighted by molar-refractivity contribution is 5.76. The first-order valence-electron chi connectivity index (χ1n) is 14.8. The average molecular weight is 501 g/mol. The van der Waals surface area contributed by atoms with Crippen molar-refractivity contribution in [1.29, 1.82) is 0 Å². The van der Waals surface area contributed by atoms with Crippen molar-refractivity contribution in [3.8, 4) is 11.5 Å². The first-order valence-corrected chi connectivity index (χ1v) is 14.8. The molecule has 8 atom stereocenters. The molecule has 4 heteroatoms. The smallest absolute Gasteiger partial charge is 0.314 e. The predicted molar refractivity (Wildman–Crippen MR) is 147 cm³/mol. The van der Waals surface area contributed by atoms with E-state index in [0.717, 1.165) is 48.0 Å². The molecule has 0 amide bonds. The molecule has 2 saturated carbocycles. The summed E-state index contributed by atoms with van der Waals surface area (Å²) in [7, 11) is 0. The third-order valence-electron chi connectivity index (χ3n) is 10.1. The molecular formula is C32H52O4. The third-order valence-corrected chi connectivity index (χ3v) is 10.1. The molecule has 0 radical (unpaired) electrons. The maximum absolute atomic E-state index is 13.1. The Hall–Kier alpha value is -1.55. The van der Waals surface area contributed by atoms with E-state index in [9.17, 15) is 4.79 Å². The fourth-order valence-corrected chi connectivity index (χ4v) is 6.92. The van der Waals surface area contributed by atoms with Crippen LogP contribution < -0.4 is 9.47 Å². The summed E-state index contributed by atoms with van der Waals surface area (Å²) in [6.45, 7) is 18.1. The van der Waals surface area contributed by atoms with E-state index in [1.54, 1.807) is 0 Å². The lowest BCUT2D eigenvalue weighted by Gasteiger charge is -2.39. The Kier molecular flexibility index (Phi) is 10.7. The molecular weight excluding hydrogens is 448 g/mol. The first-order chi connectivity index (χ1) is 17.2. The monoisotopic (exact) mass is 500 g/mol. The fourth-order valence-electron chi connectivity index (χ4n) is 6.92. The van der Waals surface area contributed by atoms with E-state index in [4.69, 9.17) is 14.2 Å². The zero-order valence-electron chi connectivity index (χ0n) is 24.3. The van der Waals surface area contributed by atoms with Gasteiger partial charge >= 0.3 is 5.97 Å². The van der Waals surface area contributed by atoms with E-state index in [2.05, 4.69) is 41.5 Å². The highest BCUT2D eigenvalue weighted by Crippen LogP contribution is 2.42. The van der Waals surface area contributed by atoms with Crippen LogP contribution in [0.1, 0.15) is 104 Å². The molecule has 2 aliphatic carbocycles. The van der Waals surface area contributed by atoms with Crippen molar-refractivity contribution in [1.82, 2.24) is 0 Å². The number of esters is 1. The van der Waals surface area contributed by atoms with Crippen LogP contribution in [0.2, 0.25) is 0 Å². The number of ether oxygens (including phenoxy) is 3. The molecule has 0 spiro atoms. The summed E-state index contributed by atoms with van der Waals surface area (Å²) in [6.07, 6.45) is 9.74. The molecule has 2 fully saturated rings. The van der Waals surface area contributed by atoms with Crippen molar-refractivity contribution in [3.05, 3.63) is 23.3 Å². The summed E-state index contributed by atoms with van der Waals surface area (Å²) in [5, 5.41) is 0. The van der Waals surface area contributed by atoms with E-state index in [1.165, 1.54) is 32.1 Å². The molecule has 0 bridgehead atoms. The summed E-state index contributed by atoms with van der Waals surface area (Å²) in [6, 6.07) is 3.80. The van der Waals surface area contributed by atoms with Crippen molar-refractivity contribution >= 4 is 5.97 Å². The zero-order valence-corrected chi connectivity index (χ0v) is 24.3. The second kappa shape index (κ2) is 13.3. The van der Waals surface area contributed by atoms with Crippen LogP contribution >= 0.6 is 0 Å². The van der Waals surface area contributed by atoms with Gasteiger partial charge in [0.2, 0.25) is 0 Å². The van der Waals surface area contributed by atoms with Crippen molar-refractivity contribution in [2.45, 2.75) is 113 Å². The van der Waals surface area contributed by atoms with Gasteiger partial charge < -0.3 is 14.2 Å².